The van der Waals surface area contributed by atoms with Crippen LogP contribution in [0.3, 0.4) is 0 Å². The van der Waals surface area contributed by atoms with E-state index >= 15 is 0 Å². The van der Waals surface area contributed by atoms with E-state index in [0.29, 0.717) is 0 Å². The van der Waals surface area contributed by atoms with Gasteiger partial charge in [0.25, 0.3) is 5.91 Å². The Morgan fingerprint density at radius 2 is 1.90 bits per heavy atom. The summed E-state index contributed by atoms with van der Waals surface area (Å²) in [6.45, 7) is 0. The van der Waals surface area contributed by atoms with Crippen LogP contribution < -0.4 is 5.32 Å². The summed E-state index contributed by atoms with van der Waals surface area (Å²) in [5.74, 6) is -2.34. The van der Waals surface area contributed by atoms with Crippen molar-refractivity contribution >= 4 is 5.91 Å². The predicted octanol–water partition coefficient (Wildman–Crippen LogP) is 3.38. The van der Waals surface area contributed by atoms with Gasteiger partial charge in [-0.1, -0.05) is 24.3 Å². The minimum Gasteiger partial charge on any atom is -0.345 e. The van der Waals surface area contributed by atoms with Crippen LogP contribution in [0.25, 0.3) is 0 Å². The lowest BCUT2D eigenvalue weighted by Gasteiger charge is -2.14. The Morgan fingerprint density at radius 3 is 2.70 bits per heavy atom. The summed E-state index contributed by atoms with van der Waals surface area (Å²) in [7, 11) is 0. The maximum absolute atomic E-state index is 13.1. The molecule has 0 heterocycles. The molecule has 1 aliphatic rings. The lowest BCUT2D eigenvalue weighted by molar-refractivity contribution is 0.0936. The van der Waals surface area contributed by atoms with Crippen molar-refractivity contribution in [3.8, 4) is 0 Å². The summed E-state index contributed by atoms with van der Waals surface area (Å²) in [6, 6.07) is 11.0. The zero-order valence-corrected chi connectivity index (χ0v) is 10.7. The van der Waals surface area contributed by atoms with Crippen molar-refractivity contribution in [1.82, 2.24) is 5.32 Å². The quantitative estimate of drug-likeness (QED) is 0.893. The number of carbonyl (C=O) groups excluding carboxylic acids is 1. The Balaban J connectivity index is 1.79. The molecule has 20 heavy (non-hydrogen) atoms. The fourth-order valence-corrected chi connectivity index (χ4v) is 2.59. The van der Waals surface area contributed by atoms with Gasteiger partial charge in [0, 0.05) is 5.56 Å². The molecule has 0 aromatic heterocycles. The molecule has 0 bridgehead atoms. The normalized spacial score (nSPS) is 16.8. The van der Waals surface area contributed by atoms with E-state index < -0.39 is 11.6 Å². The number of fused-ring (bicyclic) bond motifs is 1. The molecule has 0 aliphatic heterocycles. The molecule has 0 saturated carbocycles. The highest BCUT2D eigenvalue weighted by atomic mass is 19.2. The van der Waals surface area contributed by atoms with Crippen molar-refractivity contribution in [2.24, 2.45) is 0 Å². The highest BCUT2D eigenvalue weighted by molar-refractivity contribution is 5.94. The fourth-order valence-electron chi connectivity index (χ4n) is 2.59. The van der Waals surface area contributed by atoms with E-state index in [1.54, 1.807) is 0 Å². The average molecular weight is 273 g/mol. The van der Waals surface area contributed by atoms with Gasteiger partial charge in [-0.2, -0.15) is 0 Å². The Kier molecular flexibility index (Phi) is 3.22. The molecule has 1 unspecified atom stereocenters. The van der Waals surface area contributed by atoms with E-state index in [-0.39, 0.29) is 17.5 Å². The highest BCUT2D eigenvalue weighted by Gasteiger charge is 2.24. The first-order chi connectivity index (χ1) is 9.65. The molecule has 0 spiro atoms. The van der Waals surface area contributed by atoms with Crippen LogP contribution in [0, 0.1) is 11.6 Å². The SMILES string of the molecule is O=C(NC1CCc2ccccc21)c1ccc(F)c(F)c1. The molecule has 3 rings (SSSR count). The molecule has 0 radical (unpaired) electrons. The minimum atomic E-state index is -1.01. The van der Waals surface area contributed by atoms with Crippen LogP contribution in [0.2, 0.25) is 0 Å². The average Bonchev–Trinajstić information content (AvgIpc) is 2.85. The van der Waals surface area contributed by atoms with E-state index in [1.807, 2.05) is 24.3 Å². The summed E-state index contributed by atoms with van der Waals surface area (Å²) >= 11 is 0. The first kappa shape index (κ1) is 12.8. The lowest BCUT2D eigenvalue weighted by Crippen LogP contribution is -2.27. The van der Waals surface area contributed by atoms with Gasteiger partial charge < -0.3 is 5.32 Å². The molecule has 0 fully saturated rings. The van der Waals surface area contributed by atoms with Gasteiger partial charge >= 0.3 is 0 Å². The van der Waals surface area contributed by atoms with Gasteiger partial charge in [0.2, 0.25) is 0 Å². The van der Waals surface area contributed by atoms with Gasteiger partial charge in [0.1, 0.15) is 0 Å². The first-order valence-electron chi connectivity index (χ1n) is 6.49. The molecule has 1 aliphatic carbocycles. The zero-order chi connectivity index (χ0) is 14.1. The minimum absolute atomic E-state index is 0.0631. The number of rotatable bonds is 2. The number of halogens is 2. The zero-order valence-electron chi connectivity index (χ0n) is 10.7. The standard InChI is InChI=1S/C16H13F2NO/c17-13-7-5-11(9-14(13)18)16(20)19-15-8-6-10-3-1-2-4-12(10)15/h1-5,7,9,15H,6,8H2,(H,19,20). The summed E-state index contributed by atoms with van der Waals surface area (Å²) in [6.07, 6.45) is 1.74. The van der Waals surface area contributed by atoms with Crippen LogP contribution in [-0.4, -0.2) is 5.91 Å². The largest absolute Gasteiger partial charge is 0.345 e. The predicted molar refractivity (Wildman–Crippen MR) is 71.3 cm³/mol. The highest BCUT2D eigenvalue weighted by Crippen LogP contribution is 2.30. The number of hydrogen-bond acceptors (Lipinski definition) is 1. The Hall–Kier alpha value is -2.23. The van der Waals surface area contributed by atoms with Crippen LogP contribution in [0.1, 0.15) is 33.9 Å². The third-order valence-electron chi connectivity index (χ3n) is 3.62. The number of aryl methyl sites for hydroxylation is 1. The van der Waals surface area contributed by atoms with E-state index in [4.69, 9.17) is 0 Å². The molecule has 1 N–H and O–H groups in total. The summed E-state index contributed by atoms with van der Waals surface area (Å²) in [4.78, 5) is 12.1. The second-order valence-electron chi connectivity index (χ2n) is 4.89. The van der Waals surface area contributed by atoms with E-state index in [2.05, 4.69) is 5.32 Å². The summed E-state index contributed by atoms with van der Waals surface area (Å²) < 4.78 is 26.0. The van der Waals surface area contributed by atoms with E-state index in [0.717, 1.165) is 30.5 Å². The lowest BCUT2D eigenvalue weighted by atomic mass is 10.1. The molecule has 102 valence electrons. The third kappa shape index (κ3) is 2.29. The molecule has 1 atom stereocenters. The third-order valence-corrected chi connectivity index (χ3v) is 3.62. The van der Waals surface area contributed by atoms with E-state index in [1.165, 1.54) is 11.6 Å². The second kappa shape index (κ2) is 5.04. The molecular formula is C16H13F2NO. The Morgan fingerprint density at radius 1 is 1.10 bits per heavy atom. The van der Waals surface area contributed by atoms with Crippen LogP contribution in [0.5, 0.6) is 0 Å². The van der Waals surface area contributed by atoms with Gasteiger partial charge in [-0.3, -0.25) is 4.79 Å². The van der Waals surface area contributed by atoms with Crippen LogP contribution in [0.15, 0.2) is 42.5 Å². The Bertz CT molecular complexity index is 669. The number of hydrogen-bond donors (Lipinski definition) is 1. The number of nitrogens with one attached hydrogen (secondary N) is 1. The fraction of sp³-hybridized carbons (Fsp3) is 0.188. The van der Waals surface area contributed by atoms with Crippen molar-refractivity contribution in [2.45, 2.75) is 18.9 Å². The van der Waals surface area contributed by atoms with Crippen molar-refractivity contribution < 1.29 is 13.6 Å². The molecule has 1 amide bonds. The number of amides is 1. The molecule has 0 saturated heterocycles. The van der Waals surface area contributed by atoms with Gasteiger partial charge in [-0.05, 0) is 42.2 Å². The van der Waals surface area contributed by atoms with Crippen molar-refractivity contribution in [3.63, 3.8) is 0 Å². The number of carbonyl (C=O) groups is 1. The topological polar surface area (TPSA) is 29.1 Å². The van der Waals surface area contributed by atoms with E-state index in [9.17, 15) is 13.6 Å². The van der Waals surface area contributed by atoms with Crippen LogP contribution in [-0.2, 0) is 6.42 Å². The van der Waals surface area contributed by atoms with Crippen LogP contribution >= 0.6 is 0 Å². The molecule has 2 nitrogen and oxygen atoms in total. The van der Waals surface area contributed by atoms with Gasteiger partial charge in [-0.15, -0.1) is 0 Å². The van der Waals surface area contributed by atoms with Crippen molar-refractivity contribution in [1.29, 1.82) is 0 Å². The van der Waals surface area contributed by atoms with Crippen LogP contribution in [0.4, 0.5) is 8.78 Å². The van der Waals surface area contributed by atoms with Gasteiger partial charge in [-0.25, -0.2) is 8.78 Å². The molecule has 4 heteroatoms. The van der Waals surface area contributed by atoms with Gasteiger partial charge in [0.15, 0.2) is 11.6 Å². The molecule has 2 aromatic carbocycles. The van der Waals surface area contributed by atoms with Gasteiger partial charge in [0.05, 0.1) is 6.04 Å². The number of benzene rings is 2. The summed E-state index contributed by atoms with van der Waals surface area (Å²) in [5, 5.41) is 2.87. The molecular weight excluding hydrogens is 260 g/mol. The second-order valence-corrected chi connectivity index (χ2v) is 4.89. The Labute approximate surface area is 115 Å². The smallest absolute Gasteiger partial charge is 0.251 e. The monoisotopic (exact) mass is 273 g/mol. The maximum Gasteiger partial charge on any atom is 0.251 e. The maximum atomic E-state index is 13.1. The molecule has 2 aromatic rings. The summed E-state index contributed by atoms with van der Waals surface area (Å²) in [5.41, 5.74) is 2.46. The van der Waals surface area contributed by atoms with Crippen molar-refractivity contribution in [3.05, 3.63) is 70.8 Å². The van der Waals surface area contributed by atoms with Crippen molar-refractivity contribution in [2.75, 3.05) is 0 Å². The first-order valence-corrected chi connectivity index (χ1v) is 6.49.